The minimum Gasteiger partial charge on any atom is -0.404 e. The summed E-state index contributed by atoms with van der Waals surface area (Å²) in [7, 11) is 0. The van der Waals surface area contributed by atoms with E-state index in [-0.39, 0.29) is 16.3 Å². The topological polar surface area (TPSA) is 44.8 Å². The van der Waals surface area contributed by atoms with Gasteiger partial charge in [0.2, 0.25) is 0 Å². The Morgan fingerprint density at radius 3 is 2.32 bits per heavy atom. The maximum atomic E-state index is 12.1. The van der Waals surface area contributed by atoms with E-state index in [9.17, 15) is 18.0 Å². The van der Waals surface area contributed by atoms with Crippen LogP contribution in [0.4, 0.5) is 13.2 Å². The predicted molar refractivity (Wildman–Crippen MR) is 70.6 cm³/mol. The number of carbonyl (C=O) groups excluding carboxylic acids is 1. The zero-order valence-electron chi connectivity index (χ0n) is 10.8. The summed E-state index contributed by atoms with van der Waals surface area (Å²) < 4.78 is 39.9. The lowest BCUT2D eigenvalue weighted by atomic mass is 10.2. The molecular weight excluding hydrogens is 325 g/mol. The van der Waals surface area contributed by atoms with Crippen LogP contribution >= 0.6 is 11.6 Å². The van der Waals surface area contributed by atoms with E-state index in [0.717, 1.165) is 18.2 Å². The van der Waals surface area contributed by atoms with E-state index in [1.165, 1.54) is 12.1 Å². The standard InChI is InChI=1S/C14H8ClF3O4/c15-11-8-10(6-7-12(11)20-14(16,17)18)21-22-13(19)9-4-2-1-3-5-9/h1-8H. The summed E-state index contributed by atoms with van der Waals surface area (Å²) in [5, 5.41) is -0.342. The Labute approximate surface area is 127 Å². The predicted octanol–water partition coefficient (Wildman–Crippen LogP) is 4.39. The number of alkyl halides is 3. The summed E-state index contributed by atoms with van der Waals surface area (Å²) in [5.41, 5.74) is 0.255. The van der Waals surface area contributed by atoms with Gasteiger partial charge in [-0.1, -0.05) is 29.8 Å². The quantitative estimate of drug-likeness (QED) is 0.615. The molecule has 2 aromatic rings. The van der Waals surface area contributed by atoms with Crippen LogP contribution in [-0.4, -0.2) is 12.3 Å². The second kappa shape index (κ2) is 6.57. The first-order chi connectivity index (χ1) is 10.3. The molecular formula is C14H8ClF3O4. The fourth-order valence-corrected chi connectivity index (χ4v) is 1.66. The number of halogens is 4. The molecule has 0 N–H and O–H groups in total. The van der Waals surface area contributed by atoms with Crippen LogP contribution in [0.15, 0.2) is 48.5 Å². The Balaban J connectivity index is 1.99. The summed E-state index contributed by atoms with van der Waals surface area (Å²) in [5.74, 6) is -1.40. The van der Waals surface area contributed by atoms with Crippen molar-refractivity contribution in [1.82, 2.24) is 0 Å². The van der Waals surface area contributed by atoms with Gasteiger partial charge in [-0.15, -0.1) is 13.2 Å². The minimum absolute atomic E-state index is 0.0520. The van der Waals surface area contributed by atoms with Crippen molar-refractivity contribution in [2.45, 2.75) is 6.36 Å². The summed E-state index contributed by atoms with van der Waals surface area (Å²) >= 11 is 5.62. The smallest absolute Gasteiger partial charge is 0.404 e. The van der Waals surface area contributed by atoms with Crippen molar-refractivity contribution < 1.29 is 32.5 Å². The lowest BCUT2D eigenvalue weighted by molar-refractivity contribution is -0.274. The van der Waals surface area contributed by atoms with Crippen LogP contribution in [0.2, 0.25) is 5.02 Å². The molecule has 0 amide bonds. The van der Waals surface area contributed by atoms with Crippen molar-refractivity contribution in [3.05, 3.63) is 59.1 Å². The molecule has 0 bridgehead atoms. The Bertz CT molecular complexity index is 659. The molecule has 22 heavy (non-hydrogen) atoms. The molecule has 0 fully saturated rings. The Kier molecular flexibility index (Phi) is 4.77. The molecule has 4 nitrogen and oxygen atoms in total. The third-order valence-electron chi connectivity index (χ3n) is 2.35. The van der Waals surface area contributed by atoms with Crippen LogP contribution in [0, 0.1) is 0 Å². The van der Waals surface area contributed by atoms with Gasteiger partial charge < -0.3 is 4.74 Å². The van der Waals surface area contributed by atoms with Gasteiger partial charge in [0, 0.05) is 6.07 Å². The molecule has 2 aromatic carbocycles. The van der Waals surface area contributed by atoms with Gasteiger partial charge in [0.05, 0.1) is 10.6 Å². The molecule has 0 saturated heterocycles. The maximum absolute atomic E-state index is 12.1. The monoisotopic (exact) mass is 332 g/mol. The van der Waals surface area contributed by atoms with Gasteiger partial charge in [-0.25, -0.2) is 9.68 Å². The summed E-state index contributed by atoms with van der Waals surface area (Å²) in [4.78, 5) is 20.9. The molecule has 8 heteroatoms. The second-order valence-corrected chi connectivity index (χ2v) is 4.37. The number of ether oxygens (including phenoxy) is 1. The highest BCUT2D eigenvalue weighted by molar-refractivity contribution is 6.32. The van der Waals surface area contributed by atoms with Gasteiger partial charge in [0.25, 0.3) is 0 Å². The van der Waals surface area contributed by atoms with Gasteiger partial charge >= 0.3 is 12.3 Å². The summed E-state index contributed by atoms with van der Waals surface area (Å²) in [6.45, 7) is 0. The molecule has 0 aromatic heterocycles. The molecule has 0 atom stereocenters. The minimum atomic E-state index is -4.86. The van der Waals surface area contributed by atoms with E-state index in [4.69, 9.17) is 16.5 Å². The lowest BCUT2D eigenvalue weighted by Gasteiger charge is -2.11. The van der Waals surface area contributed by atoms with Crippen molar-refractivity contribution in [3.8, 4) is 11.5 Å². The Morgan fingerprint density at radius 1 is 1.05 bits per heavy atom. The van der Waals surface area contributed by atoms with Crippen molar-refractivity contribution >= 4 is 17.6 Å². The molecule has 116 valence electrons. The highest BCUT2D eigenvalue weighted by atomic mass is 35.5. The molecule has 0 unspecified atom stereocenters. The van der Waals surface area contributed by atoms with Crippen molar-refractivity contribution in [2.24, 2.45) is 0 Å². The first kappa shape index (κ1) is 16.0. The van der Waals surface area contributed by atoms with E-state index < -0.39 is 18.1 Å². The SMILES string of the molecule is O=C(OOc1ccc(OC(F)(F)F)c(Cl)c1)c1ccccc1. The maximum Gasteiger partial charge on any atom is 0.573 e. The van der Waals surface area contributed by atoms with Gasteiger partial charge in [0.1, 0.15) is 5.75 Å². The van der Waals surface area contributed by atoms with Crippen LogP contribution in [0.1, 0.15) is 10.4 Å². The lowest BCUT2D eigenvalue weighted by Crippen LogP contribution is -2.17. The zero-order valence-corrected chi connectivity index (χ0v) is 11.5. The van der Waals surface area contributed by atoms with Crippen molar-refractivity contribution in [3.63, 3.8) is 0 Å². The molecule has 0 radical (unpaired) electrons. The van der Waals surface area contributed by atoms with E-state index in [0.29, 0.717) is 0 Å². The molecule has 0 aliphatic rings. The third-order valence-corrected chi connectivity index (χ3v) is 2.65. The summed E-state index contributed by atoms with van der Waals surface area (Å²) in [6.07, 6.45) is -4.86. The average molecular weight is 333 g/mol. The summed E-state index contributed by atoms with van der Waals surface area (Å²) in [6, 6.07) is 11.1. The molecule has 0 saturated carbocycles. The molecule has 0 heterocycles. The van der Waals surface area contributed by atoms with E-state index in [2.05, 4.69) is 9.62 Å². The van der Waals surface area contributed by atoms with Crippen molar-refractivity contribution in [1.29, 1.82) is 0 Å². The zero-order chi connectivity index (χ0) is 16.2. The largest absolute Gasteiger partial charge is 0.573 e. The van der Waals surface area contributed by atoms with Crippen LogP contribution in [0.3, 0.4) is 0 Å². The van der Waals surface area contributed by atoms with Gasteiger partial charge in [-0.05, 0) is 24.3 Å². The third kappa shape index (κ3) is 4.56. The highest BCUT2D eigenvalue weighted by Gasteiger charge is 2.32. The van der Waals surface area contributed by atoms with E-state index in [1.807, 2.05) is 0 Å². The fourth-order valence-electron chi connectivity index (χ4n) is 1.45. The molecule has 0 aliphatic heterocycles. The van der Waals surface area contributed by atoms with Crippen LogP contribution < -0.4 is 9.62 Å². The fraction of sp³-hybridized carbons (Fsp3) is 0.0714. The van der Waals surface area contributed by atoms with Gasteiger partial charge in [0.15, 0.2) is 5.75 Å². The highest BCUT2D eigenvalue weighted by Crippen LogP contribution is 2.32. The Hall–Kier alpha value is -2.41. The number of benzene rings is 2. The van der Waals surface area contributed by atoms with E-state index >= 15 is 0 Å². The first-order valence-electron chi connectivity index (χ1n) is 5.84. The van der Waals surface area contributed by atoms with Crippen LogP contribution in [0.5, 0.6) is 11.5 Å². The average Bonchev–Trinajstić information content (AvgIpc) is 2.47. The Morgan fingerprint density at radius 2 is 1.73 bits per heavy atom. The normalized spacial score (nSPS) is 10.9. The number of hydrogen-bond acceptors (Lipinski definition) is 4. The van der Waals surface area contributed by atoms with Gasteiger partial charge in [-0.2, -0.15) is 0 Å². The second-order valence-electron chi connectivity index (χ2n) is 3.96. The van der Waals surface area contributed by atoms with Crippen LogP contribution in [0.25, 0.3) is 0 Å². The number of hydrogen-bond donors (Lipinski definition) is 0. The molecule has 2 rings (SSSR count). The first-order valence-corrected chi connectivity index (χ1v) is 6.22. The molecule has 0 aliphatic carbocycles. The van der Waals surface area contributed by atoms with Crippen LogP contribution in [-0.2, 0) is 4.89 Å². The number of rotatable bonds is 4. The van der Waals surface area contributed by atoms with Gasteiger partial charge in [-0.3, -0.25) is 4.89 Å². The van der Waals surface area contributed by atoms with E-state index in [1.54, 1.807) is 18.2 Å². The molecule has 0 spiro atoms. The number of carbonyl (C=O) groups is 1. The van der Waals surface area contributed by atoms with Crippen molar-refractivity contribution in [2.75, 3.05) is 0 Å².